The van der Waals surface area contributed by atoms with Gasteiger partial charge in [-0.15, -0.1) is 0 Å². The molecule has 2 rings (SSSR count). The first-order valence-electron chi connectivity index (χ1n) is 9.08. The SMILES string of the molecule is CC(C)OC(=O)C[C@@H](C)CNC1(c2ccccc2Cl)CCCCC1=O. The number of ketones is 1. The zero-order valence-electron chi connectivity index (χ0n) is 15.3. The molecule has 138 valence electrons. The predicted octanol–water partition coefficient (Wildman–Crippen LogP) is 4.25. The summed E-state index contributed by atoms with van der Waals surface area (Å²) < 4.78 is 5.21. The third kappa shape index (κ3) is 5.05. The van der Waals surface area contributed by atoms with E-state index in [1.165, 1.54) is 0 Å². The maximum Gasteiger partial charge on any atom is 0.306 e. The minimum Gasteiger partial charge on any atom is -0.463 e. The molecule has 0 radical (unpaired) electrons. The molecule has 25 heavy (non-hydrogen) atoms. The Hall–Kier alpha value is -1.39. The van der Waals surface area contributed by atoms with Crippen molar-refractivity contribution in [2.24, 2.45) is 5.92 Å². The maximum absolute atomic E-state index is 12.8. The fraction of sp³-hybridized carbons (Fsp3) is 0.600. The topological polar surface area (TPSA) is 55.4 Å². The Balaban J connectivity index is 2.12. The van der Waals surface area contributed by atoms with Gasteiger partial charge >= 0.3 is 5.97 Å². The smallest absolute Gasteiger partial charge is 0.306 e. The number of benzene rings is 1. The van der Waals surface area contributed by atoms with Crippen molar-refractivity contribution in [3.05, 3.63) is 34.9 Å². The molecule has 5 heteroatoms. The Kier molecular flexibility index (Phi) is 7.03. The molecule has 1 saturated carbocycles. The van der Waals surface area contributed by atoms with Crippen molar-refractivity contribution in [3.63, 3.8) is 0 Å². The monoisotopic (exact) mass is 365 g/mol. The molecule has 1 fully saturated rings. The van der Waals surface area contributed by atoms with Crippen LogP contribution >= 0.6 is 11.6 Å². The van der Waals surface area contributed by atoms with Crippen LogP contribution in [0.15, 0.2) is 24.3 Å². The normalized spacial score (nSPS) is 22.0. The van der Waals surface area contributed by atoms with E-state index in [0.717, 1.165) is 24.8 Å². The number of halogens is 1. The number of carbonyl (C=O) groups excluding carboxylic acids is 2. The van der Waals surface area contributed by atoms with Gasteiger partial charge in [0.05, 0.1) is 6.10 Å². The Morgan fingerprint density at radius 1 is 1.28 bits per heavy atom. The lowest BCUT2D eigenvalue weighted by Gasteiger charge is -2.38. The van der Waals surface area contributed by atoms with Crippen molar-refractivity contribution in [2.75, 3.05) is 6.54 Å². The molecule has 1 aliphatic rings. The van der Waals surface area contributed by atoms with Crippen LogP contribution in [0.4, 0.5) is 0 Å². The summed E-state index contributed by atoms with van der Waals surface area (Å²) in [6, 6.07) is 7.54. The zero-order chi connectivity index (χ0) is 18.4. The van der Waals surface area contributed by atoms with E-state index in [4.69, 9.17) is 16.3 Å². The van der Waals surface area contributed by atoms with Gasteiger partial charge in [-0.05, 0) is 50.8 Å². The fourth-order valence-electron chi connectivity index (χ4n) is 3.42. The number of carbonyl (C=O) groups is 2. The van der Waals surface area contributed by atoms with Gasteiger partial charge in [-0.2, -0.15) is 0 Å². The highest BCUT2D eigenvalue weighted by molar-refractivity contribution is 6.31. The highest BCUT2D eigenvalue weighted by Crippen LogP contribution is 2.38. The quantitative estimate of drug-likeness (QED) is 0.734. The minimum absolute atomic E-state index is 0.0698. The second-order valence-corrected chi connectivity index (χ2v) is 7.65. The van der Waals surface area contributed by atoms with Gasteiger partial charge in [-0.3, -0.25) is 9.59 Å². The van der Waals surface area contributed by atoms with E-state index in [1.807, 2.05) is 45.0 Å². The van der Waals surface area contributed by atoms with E-state index in [0.29, 0.717) is 24.4 Å². The molecule has 0 aromatic heterocycles. The number of Topliss-reactive ketones (excluding diaryl/α,β-unsaturated/α-hetero) is 1. The lowest BCUT2D eigenvalue weighted by atomic mass is 9.75. The largest absolute Gasteiger partial charge is 0.463 e. The molecule has 0 aliphatic heterocycles. The lowest BCUT2D eigenvalue weighted by Crippen LogP contribution is -2.52. The number of esters is 1. The Bertz CT molecular complexity index is 617. The van der Waals surface area contributed by atoms with Crippen LogP contribution in [0.25, 0.3) is 0 Å². The number of hydrogen-bond acceptors (Lipinski definition) is 4. The Morgan fingerprint density at radius 3 is 2.64 bits per heavy atom. The van der Waals surface area contributed by atoms with Crippen molar-refractivity contribution in [1.82, 2.24) is 5.32 Å². The van der Waals surface area contributed by atoms with Gasteiger partial charge in [-0.1, -0.05) is 43.1 Å². The molecule has 1 unspecified atom stereocenters. The van der Waals surface area contributed by atoms with Crippen LogP contribution in [0, 0.1) is 5.92 Å². The highest BCUT2D eigenvalue weighted by Gasteiger charge is 2.42. The van der Waals surface area contributed by atoms with E-state index < -0.39 is 5.54 Å². The van der Waals surface area contributed by atoms with Crippen LogP contribution in [0.2, 0.25) is 5.02 Å². The van der Waals surface area contributed by atoms with Gasteiger partial charge in [0, 0.05) is 17.9 Å². The lowest BCUT2D eigenvalue weighted by molar-refractivity contribution is -0.148. The molecule has 1 aromatic rings. The summed E-state index contributed by atoms with van der Waals surface area (Å²) >= 11 is 6.40. The summed E-state index contributed by atoms with van der Waals surface area (Å²) in [5.41, 5.74) is 0.102. The summed E-state index contributed by atoms with van der Waals surface area (Å²) in [4.78, 5) is 24.7. The Labute approximate surface area is 155 Å². The van der Waals surface area contributed by atoms with E-state index in [-0.39, 0.29) is 23.8 Å². The van der Waals surface area contributed by atoms with E-state index >= 15 is 0 Å². The maximum atomic E-state index is 12.8. The first-order chi connectivity index (χ1) is 11.8. The summed E-state index contributed by atoms with van der Waals surface area (Å²) in [6.07, 6.45) is 3.41. The minimum atomic E-state index is -0.743. The van der Waals surface area contributed by atoms with E-state index in [2.05, 4.69) is 5.32 Å². The predicted molar refractivity (Wildman–Crippen MR) is 99.6 cm³/mol. The van der Waals surface area contributed by atoms with Crippen molar-refractivity contribution in [2.45, 2.75) is 64.5 Å². The van der Waals surface area contributed by atoms with Gasteiger partial charge < -0.3 is 10.1 Å². The van der Waals surface area contributed by atoms with Crippen LogP contribution in [0.5, 0.6) is 0 Å². The second kappa shape index (κ2) is 8.81. The van der Waals surface area contributed by atoms with E-state index in [9.17, 15) is 9.59 Å². The van der Waals surface area contributed by atoms with Gasteiger partial charge in [-0.25, -0.2) is 0 Å². The second-order valence-electron chi connectivity index (χ2n) is 7.24. The van der Waals surface area contributed by atoms with Gasteiger partial charge in [0.2, 0.25) is 0 Å². The van der Waals surface area contributed by atoms with Gasteiger partial charge in [0.25, 0.3) is 0 Å². The van der Waals surface area contributed by atoms with Crippen LogP contribution in [-0.2, 0) is 19.9 Å². The molecule has 1 N–H and O–H groups in total. The first-order valence-corrected chi connectivity index (χ1v) is 9.46. The number of nitrogens with one attached hydrogen (secondary N) is 1. The molecule has 0 saturated heterocycles. The summed E-state index contributed by atoms with van der Waals surface area (Å²) in [5.74, 6) is 0.0511. The third-order valence-electron chi connectivity index (χ3n) is 4.65. The zero-order valence-corrected chi connectivity index (χ0v) is 16.1. The standard InChI is InChI=1S/C20H28ClNO3/c1-14(2)25-19(24)12-15(3)13-22-20(11-7-6-10-18(20)23)16-8-4-5-9-17(16)21/h4-5,8-9,14-15,22H,6-7,10-13H2,1-3H3/t15-,20?/m1/s1. The molecule has 1 aromatic carbocycles. The van der Waals surface area contributed by atoms with Crippen LogP contribution < -0.4 is 5.32 Å². The number of rotatable bonds is 7. The van der Waals surface area contributed by atoms with Crippen molar-refractivity contribution in [1.29, 1.82) is 0 Å². The fourth-order valence-corrected chi connectivity index (χ4v) is 3.72. The molecule has 2 atom stereocenters. The average Bonchev–Trinajstić information content (AvgIpc) is 2.54. The van der Waals surface area contributed by atoms with E-state index in [1.54, 1.807) is 0 Å². The highest BCUT2D eigenvalue weighted by atomic mass is 35.5. The van der Waals surface area contributed by atoms with Crippen LogP contribution in [0.3, 0.4) is 0 Å². The molecular formula is C20H28ClNO3. The van der Waals surface area contributed by atoms with Gasteiger partial charge in [0.15, 0.2) is 5.78 Å². The molecule has 0 spiro atoms. The van der Waals surface area contributed by atoms with Gasteiger partial charge in [0.1, 0.15) is 5.54 Å². The molecule has 0 amide bonds. The summed E-state index contributed by atoms with van der Waals surface area (Å²) in [6.45, 7) is 6.23. The molecule has 1 aliphatic carbocycles. The Morgan fingerprint density at radius 2 is 2.00 bits per heavy atom. The average molecular weight is 366 g/mol. The van der Waals surface area contributed by atoms with Crippen LogP contribution in [0.1, 0.15) is 58.4 Å². The first kappa shape index (κ1) is 19.9. The van der Waals surface area contributed by atoms with Crippen LogP contribution in [-0.4, -0.2) is 24.4 Å². The van der Waals surface area contributed by atoms with Crippen molar-refractivity contribution < 1.29 is 14.3 Å². The molecule has 0 heterocycles. The number of ether oxygens (including phenoxy) is 1. The molecule has 0 bridgehead atoms. The molecule has 4 nitrogen and oxygen atoms in total. The third-order valence-corrected chi connectivity index (χ3v) is 4.98. The summed E-state index contributed by atoms with van der Waals surface area (Å²) in [5, 5.41) is 4.07. The van der Waals surface area contributed by atoms with Crippen molar-refractivity contribution >= 4 is 23.4 Å². The van der Waals surface area contributed by atoms with Crippen molar-refractivity contribution in [3.8, 4) is 0 Å². The number of hydrogen-bond donors (Lipinski definition) is 1. The molecular weight excluding hydrogens is 338 g/mol. The summed E-state index contributed by atoms with van der Waals surface area (Å²) in [7, 11) is 0.